The van der Waals surface area contributed by atoms with Gasteiger partial charge >= 0.3 is 0 Å². The van der Waals surface area contributed by atoms with Gasteiger partial charge in [-0.3, -0.25) is 0 Å². The van der Waals surface area contributed by atoms with Gasteiger partial charge in [-0.25, -0.2) is 8.93 Å². The second kappa shape index (κ2) is 4.90. The summed E-state index contributed by atoms with van der Waals surface area (Å²) in [6.07, 6.45) is 0. The minimum absolute atomic E-state index is 0.000409. The van der Waals surface area contributed by atoms with Gasteiger partial charge in [-0.15, -0.1) is 0 Å². The molecule has 1 N–H and O–H groups in total. The SMILES string of the molecule is C[C@H](N[S@@](=O)C(C)(C)C)c1ccc2c(c1)OCO2. The lowest BCUT2D eigenvalue weighted by molar-refractivity contribution is 0.174. The summed E-state index contributed by atoms with van der Waals surface area (Å²) in [5, 5.41) is 0. The molecule has 0 spiro atoms. The van der Waals surface area contributed by atoms with Crippen molar-refractivity contribution in [3.05, 3.63) is 23.8 Å². The first-order valence-corrected chi connectivity index (χ1v) is 7.10. The second-order valence-corrected chi connectivity index (χ2v) is 7.33. The minimum atomic E-state index is -1.09. The third kappa shape index (κ3) is 2.84. The summed E-state index contributed by atoms with van der Waals surface area (Å²) >= 11 is 0. The van der Waals surface area contributed by atoms with Gasteiger partial charge < -0.3 is 9.47 Å². The molecule has 0 unspecified atom stereocenters. The van der Waals surface area contributed by atoms with Gasteiger partial charge in [0, 0.05) is 6.04 Å². The van der Waals surface area contributed by atoms with E-state index in [0.29, 0.717) is 0 Å². The Balaban J connectivity index is 2.10. The second-order valence-electron chi connectivity index (χ2n) is 5.33. The lowest BCUT2D eigenvalue weighted by atomic mass is 10.1. The maximum atomic E-state index is 12.0. The van der Waals surface area contributed by atoms with Crippen molar-refractivity contribution in [1.82, 2.24) is 4.72 Å². The van der Waals surface area contributed by atoms with Gasteiger partial charge in [0.05, 0.1) is 15.7 Å². The molecule has 2 rings (SSSR count). The molecule has 1 aliphatic heterocycles. The molecule has 1 aromatic carbocycles. The standard InChI is InChI=1S/C13H19NO3S/c1-9(14-18(15)13(2,3)4)10-5-6-11-12(7-10)17-8-16-11/h5-7,9,14H,8H2,1-4H3/t9-,18-/m0/s1. The molecule has 1 heterocycles. The monoisotopic (exact) mass is 269 g/mol. The zero-order chi connectivity index (χ0) is 13.3. The van der Waals surface area contributed by atoms with Crippen LogP contribution in [0.5, 0.6) is 11.5 Å². The first kappa shape index (κ1) is 13.4. The van der Waals surface area contributed by atoms with Gasteiger partial charge in [-0.05, 0) is 45.4 Å². The summed E-state index contributed by atoms with van der Waals surface area (Å²) in [7, 11) is -1.09. The van der Waals surface area contributed by atoms with Crippen LogP contribution in [0, 0.1) is 0 Å². The van der Waals surface area contributed by atoms with E-state index in [0.717, 1.165) is 17.1 Å². The summed E-state index contributed by atoms with van der Waals surface area (Å²) in [5.74, 6) is 1.52. The van der Waals surface area contributed by atoms with Gasteiger partial charge in [0.2, 0.25) is 6.79 Å². The van der Waals surface area contributed by atoms with E-state index in [1.807, 2.05) is 45.9 Å². The van der Waals surface area contributed by atoms with Crippen LogP contribution in [-0.4, -0.2) is 15.7 Å². The molecule has 2 atom stereocenters. The Hall–Kier alpha value is -1.07. The Bertz CT molecular complexity index is 468. The Kier molecular flexibility index (Phi) is 3.64. The smallest absolute Gasteiger partial charge is 0.231 e. The van der Waals surface area contributed by atoms with Crippen molar-refractivity contribution in [2.24, 2.45) is 0 Å². The van der Waals surface area contributed by atoms with Gasteiger partial charge in [-0.1, -0.05) is 6.07 Å². The highest BCUT2D eigenvalue weighted by atomic mass is 32.2. The lowest BCUT2D eigenvalue weighted by Crippen LogP contribution is -2.34. The molecule has 18 heavy (non-hydrogen) atoms. The first-order chi connectivity index (χ1) is 8.38. The topological polar surface area (TPSA) is 47.6 Å². The summed E-state index contributed by atoms with van der Waals surface area (Å²) < 4.78 is 25.5. The van der Waals surface area contributed by atoms with E-state index < -0.39 is 11.0 Å². The number of rotatable bonds is 3. The third-order valence-electron chi connectivity index (χ3n) is 2.74. The summed E-state index contributed by atoms with van der Waals surface area (Å²) in [6.45, 7) is 8.10. The molecule has 0 bridgehead atoms. The minimum Gasteiger partial charge on any atom is -0.454 e. The van der Waals surface area contributed by atoms with Crippen LogP contribution in [-0.2, 0) is 11.0 Å². The fraction of sp³-hybridized carbons (Fsp3) is 0.538. The highest BCUT2D eigenvalue weighted by molar-refractivity contribution is 7.84. The molecular weight excluding hydrogens is 250 g/mol. The van der Waals surface area contributed by atoms with Crippen LogP contribution in [0.15, 0.2) is 18.2 Å². The zero-order valence-electron chi connectivity index (χ0n) is 11.1. The van der Waals surface area contributed by atoms with E-state index in [1.165, 1.54) is 0 Å². The van der Waals surface area contributed by atoms with E-state index in [2.05, 4.69) is 4.72 Å². The molecule has 4 nitrogen and oxygen atoms in total. The molecular formula is C13H19NO3S. The van der Waals surface area contributed by atoms with Crippen LogP contribution in [0.3, 0.4) is 0 Å². The molecule has 0 radical (unpaired) electrons. The van der Waals surface area contributed by atoms with Crippen molar-refractivity contribution in [3.8, 4) is 11.5 Å². The van der Waals surface area contributed by atoms with Crippen LogP contribution in [0.4, 0.5) is 0 Å². The quantitative estimate of drug-likeness (QED) is 0.917. The Labute approximate surface area is 110 Å². The van der Waals surface area contributed by atoms with E-state index in [1.54, 1.807) is 0 Å². The average Bonchev–Trinajstić information content (AvgIpc) is 2.74. The number of ether oxygens (including phenoxy) is 2. The van der Waals surface area contributed by atoms with Crippen molar-refractivity contribution in [3.63, 3.8) is 0 Å². The first-order valence-electron chi connectivity index (χ1n) is 5.95. The molecule has 0 aromatic heterocycles. The fourth-order valence-electron chi connectivity index (χ4n) is 1.59. The maximum Gasteiger partial charge on any atom is 0.231 e. The average molecular weight is 269 g/mol. The van der Waals surface area contributed by atoms with Crippen molar-refractivity contribution in [2.45, 2.75) is 38.5 Å². The predicted octanol–water partition coefficient (Wildman–Crippen LogP) is 2.53. The normalized spacial score (nSPS) is 17.6. The van der Waals surface area contributed by atoms with Crippen LogP contribution in [0.25, 0.3) is 0 Å². The Morgan fingerprint density at radius 3 is 2.61 bits per heavy atom. The van der Waals surface area contributed by atoms with Gasteiger partial charge in [-0.2, -0.15) is 0 Å². The lowest BCUT2D eigenvalue weighted by Gasteiger charge is -2.22. The molecule has 0 saturated heterocycles. The van der Waals surface area contributed by atoms with Crippen molar-refractivity contribution in [1.29, 1.82) is 0 Å². The van der Waals surface area contributed by atoms with Gasteiger partial charge in [0.25, 0.3) is 0 Å². The van der Waals surface area contributed by atoms with Crippen LogP contribution in [0.1, 0.15) is 39.3 Å². The maximum absolute atomic E-state index is 12.0. The Morgan fingerprint density at radius 1 is 1.28 bits per heavy atom. The highest BCUT2D eigenvalue weighted by Crippen LogP contribution is 2.34. The summed E-state index contributed by atoms with van der Waals surface area (Å²) in [5.41, 5.74) is 1.04. The van der Waals surface area contributed by atoms with Gasteiger partial charge in [0.15, 0.2) is 11.5 Å². The molecule has 0 fully saturated rings. The molecule has 1 aromatic rings. The largest absolute Gasteiger partial charge is 0.454 e. The third-order valence-corrected chi connectivity index (χ3v) is 4.42. The highest BCUT2D eigenvalue weighted by Gasteiger charge is 2.22. The fourth-order valence-corrected chi connectivity index (χ4v) is 2.40. The van der Waals surface area contributed by atoms with Gasteiger partial charge in [0.1, 0.15) is 0 Å². The molecule has 0 saturated carbocycles. The summed E-state index contributed by atoms with van der Waals surface area (Å²) in [6, 6.07) is 5.78. The van der Waals surface area contributed by atoms with Crippen LogP contribution < -0.4 is 14.2 Å². The molecule has 0 amide bonds. The molecule has 100 valence electrons. The molecule has 0 aliphatic carbocycles. The summed E-state index contributed by atoms with van der Waals surface area (Å²) in [4.78, 5) is 0. The number of nitrogens with one attached hydrogen (secondary N) is 1. The van der Waals surface area contributed by atoms with Crippen molar-refractivity contribution >= 4 is 11.0 Å². The molecule has 5 heteroatoms. The predicted molar refractivity (Wildman–Crippen MR) is 72.0 cm³/mol. The number of hydrogen-bond donors (Lipinski definition) is 1. The molecule has 1 aliphatic rings. The van der Waals surface area contributed by atoms with E-state index in [-0.39, 0.29) is 17.6 Å². The zero-order valence-corrected chi connectivity index (χ0v) is 12.0. The van der Waals surface area contributed by atoms with E-state index in [4.69, 9.17) is 9.47 Å². The van der Waals surface area contributed by atoms with E-state index >= 15 is 0 Å². The van der Waals surface area contributed by atoms with Crippen LogP contribution >= 0.6 is 0 Å². The number of hydrogen-bond acceptors (Lipinski definition) is 3. The van der Waals surface area contributed by atoms with Crippen LogP contribution in [0.2, 0.25) is 0 Å². The Morgan fingerprint density at radius 2 is 1.94 bits per heavy atom. The van der Waals surface area contributed by atoms with E-state index in [9.17, 15) is 4.21 Å². The number of benzene rings is 1. The van der Waals surface area contributed by atoms with Crippen molar-refractivity contribution < 1.29 is 13.7 Å². The van der Waals surface area contributed by atoms with Crippen molar-refractivity contribution in [2.75, 3.05) is 6.79 Å². The number of fused-ring (bicyclic) bond motifs is 1.